The van der Waals surface area contributed by atoms with Gasteiger partial charge in [0.05, 0.1) is 11.4 Å². The summed E-state index contributed by atoms with van der Waals surface area (Å²) < 4.78 is 28.1. The maximum atomic E-state index is 12.8. The normalized spacial score (nSPS) is 12.1. The molecule has 0 spiro atoms. The maximum absolute atomic E-state index is 12.8. The molecule has 0 aliphatic rings. The van der Waals surface area contributed by atoms with Crippen molar-refractivity contribution in [3.8, 4) is 0 Å². The standard InChI is InChI=1S/C22H30N2O3S/c1-14-9-8-10-15(2)20(14)24-19(25)13-23-28(26,27)21-16(3)11-18(12-17(21)4)22(5,6)7/h8-12,23H,13H2,1-7H3,(H,24,25). The molecule has 0 aliphatic heterocycles. The SMILES string of the molecule is Cc1cccc(C)c1NC(=O)CNS(=O)(=O)c1c(C)cc(C(C)(C)C)cc1C. The molecule has 5 nitrogen and oxygen atoms in total. The number of anilines is 1. The summed E-state index contributed by atoms with van der Waals surface area (Å²) in [5.74, 6) is -0.400. The molecule has 2 aromatic carbocycles. The van der Waals surface area contributed by atoms with Crippen molar-refractivity contribution in [2.45, 2.75) is 58.8 Å². The predicted molar refractivity (Wildman–Crippen MR) is 114 cm³/mol. The van der Waals surface area contributed by atoms with E-state index in [9.17, 15) is 13.2 Å². The van der Waals surface area contributed by atoms with Gasteiger partial charge in [0, 0.05) is 5.69 Å². The Kier molecular flexibility index (Phi) is 6.36. The van der Waals surface area contributed by atoms with Gasteiger partial charge in [-0.1, -0.05) is 51.1 Å². The third-order valence-electron chi connectivity index (χ3n) is 4.76. The Labute approximate surface area is 168 Å². The molecule has 6 heteroatoms. The Hall–Kier alpha value is -2.18. The van der Waals surface area contributed by atoms with Gasteiger partial charge in [-0.15, -0.1) is 0 Å². The molecule has 0 saturated carbocycles. The van der Waals surface area contributed by atoms with E-state index in [1.807, 2.05) is 44.2 Å². The second-order valence-corrected chi connectivity index (χ2v) is 10.0. The van der Waals surface area contributed by atoms with Crippen molar-refractivity contribution in [2.75, 3.05) is 11.9 Å². The molecule has 2 rings (SSSR count). The summed E-state index contributed by atoms with van der Waals surface area (Å²) >= 11 is 0. The largest absolute Gasteiger partial charge is 0.324 e. The lowest BCUT2D eigenvalue weighted by Gasteiger charge is -2.22. The molecule has 0 heterocycles. The van der Waals surface area contributed by atoms with Crippen LogP contribution in [0.1, 0.15) is 48.6 Å². The number of amides is 1. The fraction of sp³-hybridized carbons (Fsp3) is 0.409. The zero-order chi connectivity index (χ0) is 21.3. The quantitative estimate of drug-likeness (QED) is 0.789. The number of para-hydroxylation sites is 1. The van der Waals surface area contributed by atoms with Crippen LogP contribution in [0.4, 0.5) is 5.69 Å². The summed E-state index contributed by atoms with van der Waals surface area (Å²) in [6.45, 7) is 13.3. The van der Waals surface area contributed by atoms with E-state index in [1.165, 1.54) is 0 Å². The van der Waals surface area contributed by atoms with Crippen LogP contribution in [-0.2, 0) is 20.2 Å². The summed E-state index contributed by atoms with van der Waals surface area (Å²) in [6.07, 6.45) is 0. The van der Waals surface area contributed by atoms with Crippen LogP contribution in [0.2, 0.25) is 0 Å². The maximum Gasteiger partial charge on any atom is 0.241 e. The molecule has 0 bridgehead atoms. The van der Waals surface area contributed by atoms with Crippen LogP contribution in [0.25, 0.3) is 0 Å². The molecule has 2 aromatic rings. The third kappa shape index (κ3) is 5.00. The lowest BCUT2D eigenvalue weighted by atomic mass is 9.85. The highest BCUT2D eigenvalue weighted by molar-refractivity contribution is 7.89. The first-order valence-electron chi connectivity index (χ1n) is 9.30. The van der Waals surface area contributed by atoms with Crippen molar-refractivity contribution in [3.63, 3.8) is 0 Å². The van der Waals surface area contributed by atoms with Crippen molar-refractivity contribution in [3.05, 3.63) is 58.1 Å². The lowest BCUT2D eigenvalue weighted by Crippen LogP contribution is -2.34. The molecule has 0 atom stereocenters. The Morgan fingerprint density at radius 3 is 1.89 bits per heavy atom. The summed E-state index contributed by atoms with van der Waals surface area (Å²) in [4.78, 5) is 12.5. The molecular formula is C22H30N2O3S. The van der Waals surface area contributed by atoms with Crippen LogP contribution in [-0.4, -0.2) is 20.9 Å². The van der Waals surface area contributed by atoms with Gasteiger partial charge >= 0.3 is 0 Å². The monoisotopic (exact) mass is 402 g/mol. The van der Waals surface area contributed by atoms with Gasteiger partial charge in [0.25, 0.3) is 0 Å². The molecule has 0 unspecified atom stereocenters. The Morgan fingerprint density at radius 2 is 1.43 bits per heavy atom. The molecule has 2 N–H and O–H groups in total. The van der Waals surface area contributed by atoms with Crippen molar-refractivity contribution >= 4 is 21.6 Å². The number of aryl methyl sites for hydroxylation is 4. The number of hydrogen-bond donors (Lipinski definition) is 2. The smallest absolute Gasteiger partial charge is 0.241 e. The van der Waals surface area contributed by atoms with Gasteiger partial charge < -0.3 is 5.32 Å². The van der Waals surface area contributed by atoms with Gasteiger partial charge in [-0.2, -0.15) is 0 Å². The predicted octanol–water partition coefficient (Wildman–Crippen LogP) is 4.13. The highest BCUT2D eigenvalue weighted by atomic mass is 32.2. The van der Waals surface area contributed by atoms with E-state index in [2.05, 4.69) is 30.8 Å². The number of rotatable bonds is 5. The van der Waals surface area contributed by atoms with E-state index in [-0.39, 0.29) is 16.9 Å². The zero-order valence-electron chi connectivity index (χ0n) is 17.7. The first-order valence-corrected chi connectivity index (χ1v) is 10.8. The van der Waals surface area contributed by atoms with E-state index in [0.717, 1.165) is 16.7 Å². The van der Waals surface area contributed by atoms with E-state index < -0.39 is 15.9 Å². The summed E-state index contributed by atoms with van der Waals surface area (Å²) in [6, 6.07) is 9.51. The van der Waals surface area contributed by atoms with Crippen LogP contribution in [0.15, 0.2) is 35.2 Å². The fourth-order valence-corrected chi connectivity index (χ4v) is 4.67. The van der Waals surface area contributed by atoms with Crippen molar-refractivity contribution in [2.24, 2.45) is 0 Å². The molecule has 0 saturated heterocycles. The lowest BCUT2D eigenvalue weighted by molar-refractivity contribution is -0.115. The molecule has 1 amide bonds. The highest BCUT2D eigenvalue weighted by Gasteiger charge is 2.24. The van der Waals surface area contributed by atoms with Gasteiger partial charge in [-0.3, -0.25) is 4.79 Å². The van der Waals surface area contributed by atoms with Crippen LogP contribution >= 0.6 is 0 Å². The average Bonchev–Trinajstić information content (AvgIpc) is 2.55. The van der Waals surface area contributed by atoms with Crippen molar-refractivity contribution in [1.29, 1.82) is 0 Å². The van der Waals surface area contributed by atoms with Crippen LogP contribution in [0.5, 0.6) is 0 Å². The molecule has 0 aromatic heterocycles. The van der Waals surface area contributed by atoms with Gasteiger partial charge in [0.15, 0.2) is 0 Å². The number of carbonyl (C=O) groups excluding carboxylic acids is 1. The molecule has 0 aliphatic carbocycles. The minimum atomic E-state index is -3.80. The second kappa shape index (κ2) is 8.05. The molecule has 0 radical (unpaired) electrons. The number of sulfonamides is 1. The van der Waals surface area contributed by atoms with E-state index in [0.29, 0.717) is 16.8 Å². The summed E-state index contributed by atoms with van der Waals surface area (Å²) in [5.41, 5.74) is 4.93. The Morgan fingerprint density at radius 1 is 0.929 bits per heavy atom. The second-order valence-electron chi connectivity index (χ2n) is 8.33. The molecule has 28 heavy (non-hydrogen) atoms. The molecule has 0 fully saturated rings. The minimum absolute atomic E-state index is 0.0729. The van der Waals surface area contributed by atoms with Crippen LogP contribution in [0, 0.1) is 27.7 Å². The number of benzene rings is 2. The van der Waals surface area contributed by atoms with Gasteiger partial charge in [-0.05, 0) is 60.9 Å². The van der Waals surface area contributed by atoms with Crippen molar-refractivity contribution in [1.82, 2.24) is 4.72 Å². The van der Waals surface area contributed by atoms with E-state index in [4.69, 9.17) is 0 Å². The Balaban J connectivity index is 2.19. The topological polar surface area (TPSA) is 75.3 Å². The van der Waals surface area contributed by atoms with Crippen molar-refractivity contribution < 1.29 is 13.2 Å². The number of carbonyl (C=O) groups is 1. The molecular weight excluding hydrogens is 372 g/mol. The van der Waals surface area contributed by atoms with Gasteiger partial charge in [0.2, 0.25) is 15.9 Å². The third-order valence-corrected chi connectivity index (χ3v) is 6.47. The van der Waals surface area contributed by atoms with E-state index in [1.54, 1.807) is 13.8 Å². The van der Waals surface area contributed by atoms with Crippen LogP contribution < -0.4 is 10.0 Å². The first-order chi connectivity index (χ1) is 12.8. The van der Waals surface area contributed by atoms with Gasteiger partial charge in [-0.25, -0.2) is 13.1 Å². The first kappa shape index (κ1) is 22.1. The number of nitrogens with one attached hydrogen (secondary N) is 2. The Bertz CT molecular complexity index is 960. The highest BCUT2D eigenvalue weighted by Crippen LogP contribution is 2.29. The molecule has 152 valence electrons. The van der Waals surface area contributed by atoms with Crippen LogP contribution in [0.3, 0.4) is 0 Å². The van der Waals surface area contributed by atoms with E-state index >= 15 is 0 Å². The fourth-order valence-electron chi connectivity index (χ4n) is 3.24. The van der Waals surface area contributed by atoms with Gasteiger partial charge in [0.1, 0.15) is 0 Å². The summed E-state index contributed by atoms with van der Waals surface area (Å²) in [7, 11) is -3.80. The number of hydrogen-bond acceptors (Lipinski definition) is 3. The zero-order valence-corrected chi connectivity index (χ0v) is 18.5. The minimum Gasteiger partial charge on any atom is -0.324 e. The summed E-state index contributed by atoms with van der Waals surface area (Å²) in [5, 5.41) is 2.79. The average molecular weight is 403 g/mol.